The summed E-state index contributed by atoms with van der Waals surface area (Å²) in [6.45, 7) is 0.793. The van der Waals surface area contributed by atoms with Gasteiger partial charge in [0.1, 0.15) is 5.75 Å². The van der Waals surface area contributed by atoms with Crippen molar-refractivity contribution in [2.24, 2.45) is 5.73 Å². The summed E-state index contributed by atoms with van der Waals surface area (Å²) in [5.41, 5.74) is 7.17. The molecule has 1 heterocycles. The van der Waals surface area contributed by atoms with Gasteiger partial charge in [-0.15, -0.1) is 0 Å². The average Bonchev–Trinajstić information content (AvgIpc) is 2.39. The van der Waals surface area contributed by atoms with E-state index in [0.29, 0.717) is 5.02 Å². The van der Waals surface area contributed by atoms with E-state index in [9.17, 15) is 0 Å². The lowest BCUT2D eigenvalue weighted by molar-refractivity contribution is -0.000382. The van der Waals surface area contributed by atoms with Crippen LogP contribution in [0, 0.1) is 0 Å². The van der Waals surface area contributed by atoms with Crippen LogP contribution in [0.2, 0.25) is 5.02 Å². The Balaban J connectivity index is 2.21. The standard InChI is InChI=1S/C13H18ClNO2/c1-16-11-6-5-9(14)8-10(11)13(15)12-4-2-3-7-17-12/h5-6,8,12-13H,2-4,7,15H2,1H3. The molecule has 2 N–H and O–H groups in total. The molecule has 2 atom stereocenters. The second kappa shape index (κ2) is 5.71. The molecule has 0 radical (unpaired) electrons. The van der Waals surface area contributed by atoms with Gasteiger partial charge in [0.25, 0.3) is 0 Å². The van der Waals surface area contributed by atoms with E-state index in [1.807, 2.05) is 12.1 Å². The summed E-state index contributed by atoms with van der Waals surface area (Å²) in [5.74, 6) is 0.774. The Morgan fingerprint density at radius 1 is 1.47 bits per heavy atom. The lowest BCUT2D eigenvalue weighted by atomic mass is 9.96. The van der Waals surface area contributed by atoms with E-state index in [4.69, 9.17) is 26.8 Å². The Morgan fingerprint density at radius 2 is 2.29 bits per heavy atom. The van der Waals surface area contributed by atoms with Crippen molar-refractivity contribution in [1.29, 1.82) is 0 Å². The van der Waals surface area contributed by atoms with Crippen LogP contribution in [-0.4, -0.2) is 19.8 Å². The van der Waals surface area contributed by atoms with Gasteiger partial charge >= 0.3 is 0 Å². The third kappa shape index (κ3) is 2.92. The molecule has 1 aromatic carbocycles. The van der Waals surface area contributed by atoms with E-state index >= 15 is 0 Å². The lowest BCUT2D eigenvalue weighted by Crippen LogP contribution is -2.32. The molecule has 1 aromatic rings. The zero-order valence-corrected chi connectivity index (χ0v) is 10.7. The molecule has 3 nitrogen and oxygen atoms in total. The lowest BCUT2D eigenvalue weighted by Gasteiger charge is -2.29. The number of benzene rings is 1. The zero-order chi connectivity index (χ0) is 12.3. The molecule has 0 bridgehead atoms. The van der Waals surface area contributed by atoms with Crippen LogP contribution in [0.3, 0.4) is 0 Å². The van der Waals surface area contributed by atoms with Crippen molar-refractivity contribution in [2.45, 2.75) is 31.4 Å². The smallest absolute Gasteiger partial charge is 0.123 e. The molecule has 2 rings (SSSR count). The first-order chi connectivity index (χ1) is 8.22. The fourth-order valence-corrected chi connectivity index (χ4v) is 2.40. The van der Waals surface area contributed by atoms with Crippen molar-refractivity contribution in [1.82, 2.24) is 0 Å². The second-order valence-electron chi connectivity index (χ2n) is 4.32. The Labute approximate surface area is 107 Å². The van der Waals surface area contributed by atoms with Crippen LogP contribution in [0.1, 0.15) is 30.9 Å². The summed E-state index contributed by atoms with van der Waals surface area (Å²) in [6.07, 6.45) is 3.35. The van der Waals surface area contributed by atoms with Gasteiger partial charge in [0.05, 0.1) is 19.3 Å². The van der Waals surface area contributed by atoms with Crippen LogP contribution in [0.5, 0.6) is 5.75 Å². The number of nitrogens with two attached hydrogens (primary N) is 1. The second-order valence-corrected chi connectivity index (χ2v) is 4.75. The fraction of sp³-hybridized carbons (Fsp3) is 0.538. The van der Waals surface area contributed by atoms with Gasteiger partial charge in [-0.1, -0.05) is 11.6 Å². The fourth-order valence-electron chi connectivity index (χ4n) is 2.21. The maximum atomic E-state index is 6.25. The third-order valence-corrected chi connectivity index (χ3v) is 3.40. The first-order valence-electron chi connectivity index (χ1n) is 5.93. The maximum absolute atomic E-state index is 6.25. The minimum atomic E-state index is -0.177. The highest BCUT2D eigenvalue weighted by Crippen LogP contribution is 2.32. The Hall–Kier alpha value is -0.770. The van der Waals surface area contributed by atoms with E-state index in [0.717, 1.165) is 30.8 Å². The van der Waals surface area contributed by atoms with Gasteiger partial charge in [-0.25, -0.2) is 0 Å². The highest BCUT2D eigenvalue weighted by molar-refractivity contribution is 6.30. The largest absolute Gasteiger partial charge is 0.496 e. The summed E-state index contributed by atoms with van der Waals surface area (Å²) in [4.78, 5) is 0. The van der Waals surface area contributed by atoms with Crippen LogP contribution >= 0.6 is 11.6 Å². The van der Waals surface area contributed by atoms with Gasteiger partial charge in [0.15, 0.2) is 0 Å². The monoisotopic (exact) mass is 255 g/mol. The van der Waals surface area contributed by atoms with Crippen LogP contribution in [0.4, 0.5) is 0 Å². The van der Waals surface area contributed by atoms with E-state index in [1.165, 1.54) is 6.42 Å². The average molecular weight is 256 g/mol. The summed E-state index contributed by atoms with van der Waals surface area (Å²) in [6, 6.07) is 5.34. The molecule has 17 heavy (non-hydrogen) atoms. The van der Waals surface area contributed by atoms with E-state index in [1.54, 1.807) is 13.2 Å². The Kier molecular flexibility index (Phi) is 4.26. The maximum Gasteiger partial charge on any atom is 0.123 e. The molecular weight excluding hydrogens is 238 g/mol. The van der Waals surface area contributed by atoms with Crippen LogP contribution < -0.4 is 10.5 Å². The van der Waals surface area contributed by atoms with E-state index < -0.39 is 0 Å². The molecule has 1 aliphatic rings. The first kappa shape index (κ1) is 12.7. The van der Waals surface area contributed by atoms with Crippen molar-refractivity contribution in [3.8, 4) is 5.75 Å². The van der Waals surface area contributed by atoms with E-state index in [2.05, 4.69) is 0 Å². The van der Waals surface area contributed by atoms with Gasteiger partial charge in [-0.05, 0) is 37.5 Å². The Morgan fingerprint density at radius 3 is 2.94 bits per heavy atom. The summed E-state index contributed by atoms with van der Waals surface area (Å²) >= 11 is 6.00. The predicted molar refractivity (Wildman–Crippen MR) is 68.5 cm³/mol. The van der Waals surface area contributed by atoms with Gasteiger partial charge in [-0.2, -0.15) is 0 Å². The van der Waals surface area contributed by atoms with Crippen LogP contribution in [0.15, 0.2) is 18.2 Å². The number of ether oxygens (including phenoxy) is 2. The molecule has 4 heteroatoms. The number of halogens is 1. The number of hydrogen-bond donors (Lipinski definition) is 1. The number of rotatable bonds is 3. The molecule has 1 fully saturated rings. The highest BCUT2D eigenvalue weighted by Gasteiger charge is 2.25. The van der Waals surface area contributed by atoms with Gasteiger partial charge in [0.2, 0.25) is 0 Å². The van der Waals surface area contributed by atoms with Gasteiger partial charge in [0, 0.05) is 17.2 Å². The molecule has 1 aliphatic heterocycles. The van der Waals surface area contributed by atoms with Crippen molar-refractivity contribution in [3.05, 3.63) is 28.8 Å². The quantitative estimate of drug-likeness (QED) is 0.903. The van der Waals surface area contributed by atoms with Crippen molar-refractivity contribution < 1.29 is 9.47 Å². The molecule has 0 spiro atoms. The number of methoxy groups -OCH3 is 1. The van der Waals surface area contributed by atoms with Crippen molar-refractivity contribution in [2.75, 3.05) is 13.7 Å². The normalized spacial score (nSPS) is 22.2. The number of hydrogen-bond acceptors (Lipinski definition) is 3. The Bertz CT molecular complexity index is 378. The highest BCUT2D eigenvalue weighted by atomic mass is 35.5. The first-order valence-corrected chi connectivity index (χ1v) is 6.31. The van der Waals surface area contributed by atoms with Crippen molar-refractivity contribution in [3.63, 3.8) is 0 Å². The molecule has 0 saturated carbocycles. The van der Waals surface area contributed by atoms with Crippen molar-refractivity contribution >= 4 is 11.6 Å². The minimum absolute atomic E-state index is 0.0658. The summed E-state index contributed by atoms with van der Waals surface area (Å²) in [7, 11) is 1.64. The molecule has 94 valence electrons. The molecule has 0 amide bonds. The molecule has 0 aliphatic carbocycles. The van der Waals surface area contributed by atoms with Crippen LogP contribution in [-0.2, 0) is 4.74 Å². The molecule has 0 aromatic heterocycles. The van der Waals surface area contributed by atoms with E-state index in [-0.39, 0.29) is 12.1 Å². The third-order valence-electron chi connectivity index (χ3n) is 3.17. The van der Waals surface area contributed by atoms with Gasteiger partial charge < -0.3 is 15.2 Å². The minimum Gasteiger partial charge on any atom is -0.496 e. The molecular formula is C13H18ClNO2. The SMILES string of the molecule is COc1ccc(Cl)cc1C(N)C1CCCCO1. The summed E-state index contributed by atoms with van der Waals surface area (Å²) < 4.78 is 11.0. The topological polar surface area (TPSA) is 44.5 Å². The summed E-state index contributed by atoms with van der Waals surface area (Å²) in [5, 5.41) is 0.673. The van der Waals surface area contributed by atoms with Crippen LogP contribution in [0.25, 0.3) is 0 Å². The van der Waals surface area contributed by atoms with Gasteiger partial charge in [-0.3, -0.25) is 0 Å². The zero-order valence-electron chi connectivity index (χ0n) is 9.99. The predicted octanol–water partition coefficient (Wildman–Crippen LogP) is 2.92. The molecule has 1 saturated heterocycles. The molecule has 2 unspecified atom stereocenters.